The van der Waals surface area contributed by atoms with Gasteiger partial charge in [-0.25, -0.2) is 4.79 Å². The highest BCUT2D eigenvalue weighted by atomic mass is 35.5. The molecule has 0 spiro atoms. The molecule has 2 fully saturated rings. The van der Waals surface area contributed by atoms with E-state index in [0.29, 0.717) is 50.6 Å². The molecule has 0 aliphatic carbocycles. The number of rotatable bonds is 4. The van der Waals surface area contributed by atoms with Crippen LogP contribution in [0.4, 0.5) is 4.79 Å². The second kappa shape index (κ2) is 9.43. The third kappa shape index (κ3) is 6.00. The molecule has 0 saturated carbocycles. The lowest BCUT2D eigenvalue weighted by Crippen LogP contribution is -2.59. The van der Waals surface area contributed by atoms with E-state index in [1.807, 2.05) is 46.8 Å². The minimum absolute atomic E-state index is 0.0424. The molecule has 0 radical (unpaired) electrons. The van der Waals surface area contributed by atoms with E-state index in [1.54, 1.807) is 17.0 Å². The SMILES string of the molecule is CC(C)(C)OC(=O)NC1(CC(=O)N2CCC(O)(c3ccc(Cl)cc3)C(C)(C)C2)CCOCC1. The van der Waals surface area contributed by atoms with Gasteiger partial charge in [-0.1, -0.05) is 37.6 Å². The smallest absolute Gasteiger partial charge is 0.408 e. The number of piperidine rings is 1. The summed E-state index contributed by atoms with van der Waals surface area (Å²) in [6.45, 7) is 11.2. The van der Waals surface area contributed by atoms with Crippen LogP contribution >= 0.6 is 11.6 Å². The van der Waals surface area contributed by atoms with Gasteiger partial charge in [-0.05, 0) is 57.7 Å². The summed E-state index contributed by atoms with van der Waals surface area (Å²) in [6.07, 6.45) is 1.16. The Morgan fingerprint density at radius 3 is 2.30 bits per heavy atom. The zero-order valence-corrected chi connectivity index (χ0v) is 21.1. The summed E-state index contributed by atoms with van der Waals surface area (Å²) in [5, 5.41) is 15.2. The Morgan fingerprint density at radius 1 is 1.15 bits per heavy atom. The summed E-state index contributed by atoms with van der Waals surface area (Å²) >= 11 is 6.03. The maximum Gasteiger partial charge on any atom is 0.408 e. The number of nitrogens with zero attached hydrogens (tertiary/aromatic N) is 1. The van der Waals surface area contributed by atoms with E-state index < -0.39 is 28.2 Å². The number of carbonyl (C=O) groups is 2. The molecule has 1 atom stereocenters. The van der Waals surface area contributed by atoms with E-state index >= 15 is 0 Å². The van der Waals surface area contributed by atoms with Crippen LogP contribution in [0.25, 0.3) is 0 Å². The van der Waals surface area contributed by atoms with Crippen molar-refractivity contribution in [3.8, 4) is 0 Å². The number of nitrogens with one attached hydrogen (secondary N) is 1. The number of likely N-dealkylation sites (tertiary alicyclic amines) is 1. The monoisotopic (exact) mass is 480 g/mol. The number of hydrogen-bond acceptors (Lipinski definition) is 5. The highest BCUT2D eigenvalue weighted by Gasteiger charge is 2.50. The number of benzene rings is 1. The molecule has 2 saturated heterocycles. The van der Waals surface area contributed by atoms with Gasteiger partial charge in [0.2, 0.25) is 5.91 Å². The Hall–Kier alpha value is -1.83. The van der Waals surface area contributed by atoms with E-state index in [0.717, 1.165) is 5.56 Å². The average molecular weight is 481 g/mol. The van der Waals surface area contributed by atoms with Crippen molar-refractivity contribution in [2.45, 2.75) is 77.0 Å². The summed E-state index contributed by atoms with van der Waals surface area (Å²) in [6, 6.07) is 7.26. The first-order valence-corrected chi connectivity index (χ1v) is 12.0. The van der Waals surface area contributed by atoms with Crippen molar-refractivity contribution in [2.75, 3.05) is 26.3 Å². The number of amides is 2. The highest BCUT2D eigenvalue weighted by molar-refractivity contribution is 6.30. The fourth-order valence-electron chi connectivity index (χ4n) is 4.83. The second-order valence-corrected chi connectivity index (χ2v) is 11.4. The Balaban J connectivity index is 1.72. The van der Waals surface area contributed by atoms with Crippen molar-refractivity contribution in [3.63, 3.8) is 0 Å². The summed E-state index contributed by atoms with van der Waals surface area (Å²) in [5.74, 6) is -0.0424. The van der Waals surface area contributed by atoms with Crippen LogP contribution in [0.2, 0.25) is 5.02 Å². The Bertz CT molecular complexity index is 859. The van der Waals surface area contributed by atoms with E-state index in [9.17, 15) is 14.7 Å². The van der Waals surface area contributed by atoms with Crippen molar-refractivity contribution in [3.05, 3.63) is 34.9 Å². The normalized spacial score (nSPS) is 24.8. The average Bonchev–Trinajstić information content (AvgIpc) is 2.69. The van der Waals surface area contributed by atoms with Gasteiger partial charge in [0, 0.05) is 36.7 Å². The summed E-state index contributed by atoms with van der Waals surface area (Å²) in [5.41, 5.74) is -2.17. The minimum Gasteiger partial charge on any atom is -0.444 e. The first-order chi connectivity index (χ1) is 15.3. The maximum absolute atomic E-state index is 13.4. The van der Waals surface area contributed by atoms with Gasteiger partial charge in [-0.15, -0.1) is 0 Å². The van der Waals surface area contributed by atoms with Crippen molar-refractivity contribution >= 4 is 23.6 Å². The molecule has 33 heavy (non-hydrogen) atoms. The third-order valence-corrected chi connectivity index (χ3v) is 7.08. The molecule has 1 unspecified atom stereocenters. The third-order valence-electron chi connectivity index (χ3n) is 6.83. The van der Waals surface area contributed by atoms with Gasteiger partial charge in [-0.3, -0.25) is 4.79 Å². The molecule has 2 heterocycles. The molecule has 1 aromatic rings. The molecule has 1 aromatic carbocycles. The van der Waals surface area contributed by atoms with Gasteiger partial charge >= 0.3 is 6.09 Å². The fraction of sp³-hybridized carbons (Fsp3) is 0.680. The van der Waals surface area contributed by atoms with Crippen LogP contribution in [-0.4, -0.2) is 59.5 Å². The summed E-state index contributed by atoms with van der Waals surface area (Å²) in [7, 11) is 0. The lowest BCUT2D eigenvalue weighted by Gasteiger charge is -2.51. The zero-order valence-electron chi connectivity index (χ0n) is 20.4. The Kier molecular flexibility index (Phi) is 7.37. The maximum atomic E-state index is 13.4. The zero-order chi connectivity index (χ0) is 24.5. The predicted octanol–water partition coefficient (Wildman–Crippen LogP) is 4.25. The van der Waals surface area contributed by atoms with Crippen LogP contribution < -0.4 is 5.32 Å². The van der Waals surface area contributed by atoms with Crippen molar-refractivity contribution in [1.82, 2.24) is 10.2 Å². The quantitative estimate of drug-likeness (QED) is 0.672. The molecule has 0 bridgehead atoms. The topological polar surface area (TPSA) is 88.1 Å². The van der Waals surface area contributed by atoms with Crippen LogP contribution in [0.5, 0.6) is 0 Å². The van der Waals surface area contributed by atoms with E-state index in [2.05, 4.69) is 5.32 Å². The largest absolute Gasteiger partial charge is 0.444 e. The number of carbonyl (C=O) groups excluding carboxylic acids is 2. The molecule has 3 rings (SSSR count). The fourth-order valence-corrected chi connectivity index (χ4v) is 4.95. The number of hydrogen-bond donors (Lipinski definition) is 2. The van der Waals surface area contributed by atoms with Crippen LogP contribution in [-0.2, 0) is 19.9 Å². The lowest BCUT2D eigenvalue weighted by molar-refractivity contribution is -0.155. The van der Waals surface area contributed by atoms with Gasteiger partial charge in [0.1, 0.15) is 5.60 Å². The van der Waals surface area contributed by atoms with Crippen LogP contribution in [0, 0.1) is 5.41 Å². The first-order valence-electron chi connectivity index (χ1n) is 11.6. The van der Waals surface area contributed by atoms with E-state index in [-0.39, 0.29) is 12.3 Å². The molecule has 8 heteroatoms. The minimum atomic E-state index is -1.07. The molecule has 0 aromatic heterocycles. The van der Waals surface area contributed by atoms with Gasteiger partial charge < -0.3 is 24.8 Å². The van der Waals surface area contributed by atoms with E-state index in [4.69, 9.17) is 21.1 Å². The Morgan fingerprint density at radius 2 is 1.76 bits per heavy atom. The number of alkyl carbamates (subject to hydrolysis) is 1. The predicted molar refractivity (Wildman–Crippen MR) is 127 cm³/mol. The van der Waals surface area contributed by atoms with Gasteiger partial charge in [0.05, 0.1) is 17.6 Å². The summed E-state index contributed by atoms with van der Waals surface area (Å²) in [4.78, 5) is 27.7. The molecule has 2 aliphatic heterocycles. The van der Waals surface area contributed by atoms with Gasteiger partial charge in [0.15, 0.2) is 0 Å². The molecule has 2 N–H and O–H groups in total. The molecule has 2 amide bonds. The first kappa shape index (κ1) is 25.8. The van der Waals surface area contributed by atoms with Crippen molar-refractivity contribution in [1.29, 1.82) is 0 Å². The van der Waals surface area contributed by atoms with E-state index in [1.165, 1.54) is 0 Å². The highest BCUT2D eigenvalue weighted by Crippen LogP contribution is 2.46. The molecular weight excluding hydrogens is 444 g/mol. The number of aliphatic hydroxyl groups is 1. The summed E-state index contributed by atoms with van der Waals surface area (Å²) < 4.78 is 10.9. The molecule has 7 nitrogen and oxygen atoms in total. The standard InChI is InChI=1S/C25H37ClN2O5/c1-22(2,3)33-21(30)27-24(11-14-32-15-12-24)16-20(29)28-13-10-25(31,23(4,5)17-28)18-6-8-19(26)9-7-18/h6-9,31H,10-17H2,1-5H3,(H,27,30). The Labute approximate surface area is 201 Å². The van der Waals surface area contributed by atoms with Crippen LogP contribution in [0.15, 0.2) is 24.3 Å². The lowest BCUT2D eigenvalue weighted by atomic mass is 9.66. The van der Waals surface area contributed by atoms with Crippen molar-refractivity contribution in [2.24, 2.45) is 5.41 Å². The second-order valence-electron chi connectivity index (χ2n) is 11.0. The number of ether oxygens (including phenoxy) is 2. The molecule has 184 valence electrons. The number of halogens is 1. The molecular formula is C25H37ClN2O5. The van der Waals surface area contributed by atoms with Crippen LogP contribution in [0.1, 0.15) is 65.9 Å². The molecule has 2 aliphatic rings. The van der Waals surface area contributed by atoms with Gasteiger partial charge in [-0.2, -0.15) is 0 Å². The van der Waals surface area contributed by atoms with Gasteiger partial charge in [0.25, 0.3) is 0 Å². The van der Waals surface area contributed by atoms with Crippen molar-refractivity contribution < 1.29 is 24.2 Å². The van der Waals surface area contributed by atoms with Crippen LogP contribution in [0.3, 0.4) is 0 Å².